The van der Waals surface area contributed by atoms with Crippen LogP contribution in [0.4, 0.5) is 0 Å². The first-order valence-corrected chi connectivity index (χ1v) is 7.22. The number of hydrogen-bond acceptors (Lipinski definition) is 1. The number of rotatable bonds is 2. The molecule has 1 saturated heterocycles. The van der Waals surface area contributed by atoms with Gasteiger partial charge in [-0.3, -0.25) is 0 Å². The molecule has 0 amide bonds. The molecule has 16 heavy (non-hydrogen) atoms. The summed E-state index contributed by atoms with van der Waals surface area (Å²) < 4.78 is 0. The average Bonchev–Trinajstić information content (AvgIpc) is 2.27. The van der Waals surface area contributed by atoms with Crippen molar-refractivity contribution in [3.63, 3.8) is 0 Å². The van der Waals surface area contributed by atoms with E-state index in [1.165, 1.54) is 32.5 Å². The minimum Gasteiger partial charge on any atom is -0.303 e. The Morgan fingerprint density at radius 3 is 1.62 bits per heavy atom. The van der Waals surface area contributed by atoms with Gasteiger partial charge in [-0.05, 0) is 37.3 Å². The molecule has 100 valence electrons. The fraction of sp³-hybridized carbons (Fsp3) is 1.00. The molecule has 0 aromatic rings. The van der Waals surface area contributed by atoms with Crippen molar-refractivity contribution in [2.45, 2.75) is 68.2 Å². The number of piperidine rings is 1. The van der Waals surface area contributed by atoms with Crippen LogP contribution in [-0.2, 0) is 0 Å². The van der Waals surface area contributed by atoms with Crippen molar-refractivity contribution in [2.75, 3.05) is 19.6 Å². The van der Waals surface area contributed by atoms with E-state index in [1.807, 2.05) is 27.7 Å². The van der Waals surface area contributed by atoms with Crippen molar-refractivity contribution in [1.82, 2.24) is 4.90 Å². The van der Waals surface area contributed by atoms with Crippen LogP contribution in [0.2, 0.25) is 0 Å². The van der Waals surface area contributed by atoms with Gasteiger partial charge in [0.1, 0.15) is 0 Å². The van der Waals surface area contributed by atoms with Gasteiger partial charge < -0.3 is 4.90 Å². The normalized spacial score (nSPS) is 19.3. The van der Waals surface area contributed by atoms with E-state index in [9.17, 15) is 0 Å². The van der Waals surface area contributed by atoms with Crippen LogP contribution in [0.25, 0.3) is 0 Å². The smallest absolute Gasteiger partial charge is 0.000439 e. The summed E-state index contributed by atoms with van der Waals surface area (Å²) >= 11 is 0. The molecule has 0 spiro atoms. The molecule has 0 atom stereocenters. The van der Waals surface area contributed by atoms with Crippen LogP contribution in [0.5, 0.6) is 0 Å². The van der Waals surface area contributed by atoms with E-state index in [-0.39, 0.29) is 0 Å². The fourth-order valence-electron chi connectivity index (χ4n) is 1.86. The molecule has 1 aliphatic rings. The summed E-state index contributed by atoms with van der Waals surface area (Å²) in [4.78, 5) is 2.61. The van der Waals surface area contributed by atoms with Crippen LogP contribution in [0.1, 0.15) is 68.2 Å². The second-order valence-electron chi connectivity index (χ2n) is 5.36. The highest BCUT2D eigenvalue weighted by atomic mass is 15.1. The third kappa shape index (κ3) is 9.21. The number of hydrogen-bond donors (Lipinski definition) is 0. The van der Waals surface area contributed by atoms with Gasteiger partial charge in [-0.25, -0.2) is 0 Å². The largest absolute Gasteiger partial charge is 0.303 e. The monoisotopic (exact) mass is 229 g/mol. The van der Waals surface area contributed by atoms with Gasteiger partial charge in [-0.1, -0.05) is 55.4 Å². The summed E-state index contributed by atoms with van der Waals surface area (Å²) in [6, 6.07) is 0. The Morgan fingerprint density at radius 2 is 1.31 bits per heavy atom. The first-order valence-electron chi connectivity index (χ1n) is 7.22. The van der Waals surface area contributed by atoms with Crippen LogP contribution < -0.4 is 0 Å². The predicted octanol–water partition coefficient (Wildman–Crippen LogP) is 4.82. The Hall–Kier alpha value is -0.0400. The molecule has 1 aliphatic heterocycles. The lowest BCUT2D eigenvalue weighted by molar-refractivity contribution is 0.122. The lowest BCUT2D eigenvalue weighted by atomic mass is 9.82. The van der Waals surface area contributed by atoms with Crippen molar-refractivity contribution >= 4 is 0 Å². The minimum atomic E-state index is 0.605. The Bertz CT molecular complexity index is 128. The maximum Gasteiger partial charge on any atom is 0.000439 e. The van der Waals surface area contributed by atoms with Crippen LogP contribution >= 0.6 is 0 Å². The zero-order valence-electron chi connectivity index (χ0n) is 13.1. The van der Waals surface area contributed by atoms with Crippen LogP contribution in [0.15, 0.2) is 0 Å². The SMILES string of the molecule is CC.CC.CC(C)CN1CCC(C)(C)CC1. The molecule has 0 saturated carbocycles. The second kappa shape index (κ2) is 10.1. The van der Waals surface area contributed by atoms with Gasteiger partial charge in [0.05, 0.1) is 0 Å². The second-order valence-corrected chi connectivity index (χ2v) is 5.36. The zero-order valence-corrected chi connectivity index (χ0v) is 13.1. The molecule has 1 fully saturated rings. The highest BCUT2D eigenvalue weighted by Crippen LogP contribution is 2.29. The van der Waals surface area contributed by atoms with E-state index in [0.717, 1.165) is 5.92 Å². The van der Waals surface area contributed by atoms with E-state index < -0.39 is 0 Å². The van der Waals surface area contributed by atoms with E-state index in [4.69, 9.17) is 0 Å². The first-order chi connectivity index (χ1) is 7.49. The van der Waals surface area contributed by atoms with Crippen LogP contribution in [0, 0.1) is 11.3 Å². The molecular formula is C15H35N. The summed E-state index contributed by atoms with van der Waals surface area (Å²) in [5, 5.41) is 0. The molecule has 0 aromatic heterocycles. The summed E-state index contributed by atoms with van der Waals surface area (Å²) in [5.41, 5.74) is 0.605. The van der Waals surface area contributed by atoms with Gasteiger partial charge in [-0.2, -0.15) is 0 Å². The fourth-order valence-corrected chi connectivity index (χ4v) is 1.86. The Kier molecular flexibility index (Phi) is 11.6. The number of nitrogens with zero attached hydrogens (tertiary/aromatic N) is 1. The molecule has 0 aliphatic carbocycles. The zero-order chi connectivity index (χ0) is 13.2. The summed E-state index contributed by atoms with van der Waals surface area (Å²) in [5.74, 6) is 0.825. The Balaban J connectivity index is 0. The van der Waals surface area contributed by atoms with Crippen LogP contribution in [0.3, 0.4) is 0 Å². The van der Waals surface area contributed by atoms with Crippen molar-refractivity contribution in [3.05, 3.63) is 0 Å². The van der Waals surface area contributed by atoms with Gasteiger partial charge in [0, 0.05) is 6.54 Å². The maximum atomic E-state index is 2.61. The lowest BCUT2D eigenvalue weighted by Crippen LogP contribution is -2.39. The van der Waals surface area contributed by atoms with Gasteiger partial charge in [0.2, 0.25) is 0 Å². The highest BCUT2D eigenvalue weighted by Gasteiger charge is 2.25. The molecule has 1 heteroatoms. The molecule has 0 aromatic carbocycles. The molecule has 0 N–H and O–H groups in total. The van der Waals surface area contributed by atoms with E-state index in [1.54, 1.807) is 0 Å². The Morgan fingerprint density at radius 1 is 0.938 bits per heavy atom. The maximum absolute atomic E-state index is 2.61. The van der Waals surface area contributed by atoms with Crippen molar-refractivity contribution in [2.24, 2.45) is 11.3 Å². The van der Waals surface area contributed by atoms with Crippen molar-refractivity contribution < 1.29 is 0 Å². The molecule has 0 bridgehead atoms. The van der Waals surface area contributed by atoms with Crippen LogP contribution in [-0.4, -0.2) is 24.5 Å². The van der Waals surface area contributed by atoms with Gasteiger partial charge in [0.25, 0.3) is 0 Å². The highest BCUT2D eigenvalue weighted by molar-refractivity contribution is 4.78. The third-order valence-electron chi connectivity index (χ3n) is 2.83. The predicted molar refractivity (Wildman–Crippen MR) is 77.0 cm³/mol. The van der Waals surface area contributed by atoms with E-state index in [2.05, 4.69) is 32.6 Å². The molecule has 0 unspecified atom stereocenters. The van der Waals surface area contributed by atoms with E-state index in [0.29, 0.717) is 5.41 Å². The first kappa shape index (κ1) is 18.3. The van der Waals surface area contributed by atoms with Crippen molar-refractivity contribution in [1.29, 1.82) is 0 Å². The third-order valence-corrected chi connectivity index (χ3v) is 2.83. The Labute approximate surface area is 105 Å². The lowest BCUT2D eigenvalue weighted by Gasteiger charge is -2.37. The number of likely N-dealkylation sites (tertiary alicyclic amines) is 1. The van der Waals surface area contributed by atoms with Gasteiger partial charge >= 0.3 is 0 Å². The quantitative estimate of drug-likeness (QED) is 0.656. The molecule has 0 radical (unpaired) electrons. The molecule has 1 rings (SSSR count). The summed E-state index contributed by atoms with van der Waals surface area (Å²) in [6.07, 6.45) is 2.75. The summed E-state index contributed by atoms with van der Waals surface area (Å²) in [7, 11) is 0. The average molecular weight is 229 g/mol. The molecule has 1 nitrogen and oxygen atoms in total. The van der Waals surface area contributed by atoms with Crippen molar-refractivity contribution in [3.8, 4) is 0 Å². The van der Waals surface area contributed by atoms with E-state index >= 15 is 0 Å². The molecular weight excluding hydrogens is 194 g/mol. The standard InChI is InChI=1S/C11H23N.2C2H6/c1-10(2)9-12-7-5-11(3,4)6-8-12;2*1-2/h10H,5-9H2,1-4H3;2*1-2H3. The van der Waals surface area contributed by atoms with Gasteiger partial charge in [0.15, 0.2) is 0 Å². The molecule has 1 heterocycles. The topological polar surface area (TPSA) is 3.24 Å². The minimum absolute atomic E-state index is 0.605. The summed E-state index contributed by atoms with van der Waals surface area (Å²) in [6.45, 7) is 21.3. The van der Waals surface area contributed by atoms with Gasteiger partial charge in [-0.15, -0.1) is 0 Å².